The molecule has 4 heteroatoms. The minimum Gasteiger partial charge on any atom is -0.380 e. The summed E-state index contributed by atoms with van der Waals surface area (Å²) in [6.45, 7) is 0.574. The van der Waals surface area contributed by atoms with Gasteiger partial charge in [0.25, 0.3) is 5.91 Å². The SMILES string of the molecule is COCc1ccc(NC(=O)c2ccccc2I)cc1. The van der Waals surface area contributed by atoms with Gasteiger partial charge in [-0.25, -0.2) is 0 Å². The van der Waals surface area contributed by atoms with E-state index >= 15 is 0 Å². The first-order valence-electron chi connectivity index (χ1n) is 5.84. The van der Waals surface area contributed by atoms with E-state index < -0.39 is 0 Å². The van der Waals surface area contributed by atoms with Crippen LogP contribution in [0.5, 0.6) is 0 Å². The molecule has 0 atom stereocenters. The van der Waals surface area contributed by atoms with Crippen LogP contribution in [0, 0.1) is 3.57 Å². The van der Waals surface area contributed by atoms with E-state index in [9.17, 15) is 4.79 Å². The first-order chi connectivity index (χ1) is 9.20. The molecular weight excluding hydrogens is 353 g/mol. The van der Waals surface area contributed by atoms with Gasteiger partial charge in [-0.2, -0.15) is 0 Å². The monoisotopic (exact) mass is 367 g/mol. The predicted molar refractivity (Wildman–Crippen MR) is 84.3 cm³/mol. The van der Waals surface area contributed by atoms with Gasteiger partial charge >= 0.3 is 0 Å². The van der Waals surface area contributed by atoms with Crippen LogP contribution in [0.3, 0.4) is 0 Å². The lowest BCUT2D eigenvalue weighted by molar-refractivity contribution is 0.102. The van der Waals surface area contributed by atoms with Crippen molar-refractivity contribution in [3.05, 3.63) is 63.2 Å². The minimum atomic E-state index is -0.0931. The molecule has 0 aliphatic carbocycles. The van der Waals surface area contributed by atoms with Crippen molar-refractivity contribution in [2.45, 2.75) is 6.61 Å². The molecule has 0 bridgehead atoms. The molecule has 0 fully saturated rings. The third-order valence-corrected chi connectivity index (χ3v) is 3.58. The van der Waals surface area contributed by atoms with E-state index in [-0.39, 0.29) is 5.91 Å². The highest BCUT2D eigenvalue weighted by molar-refractivity contribution is 14.1. The van der Waals surface area contributed by atoms with Gasteiger partial charge in [-0.05, 0) is 52.4 Å². The van der Waals surface area contributed by atoms with Crippen molar-refractivity contribution in [1.29, 1.82) is 0 Å². The van der Waals surface area contributed by atoms with Gasteiger partial charge in [-0.15, -0.1) is 0 Å². The Kier molecular flexibility index (Phi) is 4.93. The second-order valence-electron chi connectivity index (χ2n) is 4.06. The second kappa shape index (κ2) is 6.68. The van der Waals surface area contributed by atoms with Crippen LogP contribution in [0.15, 0.2) is 48.5 Å². The van der Waals surface area contributed by atoms with Gasteiger partial charge in [0.05, 0.1) is 12.2 Å². The summed E-state index contributed by atoms with van der Waals surface area (Å²) >= 11 is 2.16. The Bertz CT molecular complexity index is 567. The molecule has 3 nitrogen and oxygen atoms in total. The maximum absolute atomic E-state index is 12.1. The Labute approximate surface area is 126 Å². The molecule has 0 unspecified atom stereocenters. The number of halogens is 1. The average Bonchev–Trinajstić information content (AvgIpc) is 2.42. The lowest BCUT2D eigenvalue weighted by atomic mass is 10.2. The van der Waals surface area contributed by atoms with Crippen LogP contribution in [0.2, 0.25) is 0 Å². The molecule has 0 saturated heterocycles. The standard InChI is InChI=1S/C15H14INO2/c1-19-10-11-6-8-12(9-7-11)17-15(18)13-4-2-3-5-14(13)16/h2-9H,10H2,1H3,(H,17,18). The molecule has 0 aliphatic heterocycles. The Balaban J connectivity index is 2.09. The maximum atomic E-state index is 12.1. The number of hydrogen-bond acceptors (Lipinski definition) is 2. The fourth-order valence-corrected chi connectivity index (χ4v) is 2.33. The number of rotatable bonds is 4. The molecular formula is C15H14INO2. The Morgan fingerprint density at radius 2 is 1.84 bits per heavy atom. The van der Waals surface area contributed by atoms with Gasteiger partial charge in [-0.3, -0.25) is 4.79 Å². The number of nitrogens with one attached hydrogen (secondary N) is 1. The first-order valence-corrected chi connectivity index (χ1v) is 6.92. The number of anilines is 1. The number of hydrogen-bond donors (Lipinski definition) is 1. The van der Waals surface area contributed by atoms with Crippen molar-refractivity contribution in [3.63, 3.8) is 0 Å². The van der Waals surface area contributed by atoms with Crippen molar-refractivity contribution in [3.8, 4) is 0 Å². The van der Waals surface area contributed by atoms with Crippen molar-refractivity contribution < 1.29 is 9.53 Å². The molecule has 2 rings (SSSR count). The van der Waals surface area contributed by atoms with E-state index in [4.69, 9.17) is 4.74 Å². The Hall–Kier alpha value is -1.40. The largest absolute Gasteiger partial charge is 0.380 e. The molecule has 0 heterocycles. The minimum absolute atomic E-state index is 0.0931. The highest BCUT2D eigenvalue weighted by Gasteiger charge is 2.09. The fourth-order valence-electron chi connectivity index (χ4n) is 1.69. The molecule has 0 saturated carbocycles. The molecule has 2 aromatic carbocycles. The molecule has 0 radical (unpaired) electrons. The summed E-state index contributed by atoms with van der Waals surface area (Å²) in [6, 6.07) is 15.1. The van der Waals surface area contributed by atoms with E-state index in [1.54, 1.807) is 7.11 Å². The summed E-state index contributed by atoms with van der Waals surface area (Å²) in [5, 5.41) is 2.88. The van der Waals surface area contributed by atoms with Crippen molar-refractivity contribution in [1.82, 2.24) is 0 Å². The predicted octanol–water partition coefficient (Wildman–Crippen LogP) is 3.69. The van der Waals surface area contributed by atoms with E-state index in [1.165, 1.54) is 0 Å². The topological polar surface area (TPSA) is 38.3 Å². The molecule has 1 N–H and O–H groups in total. The molecule has 0 spiro atoms. The number of benzene rings is 2. The number of amides is 1. The zero-order valence-electron chi connectivity index (χ0n) is 10.5. The van der Waals surface area contributed by atoms with Gasteiger partial charge in [0.1, 0.15) is 0 Å². The van der Waals surface area contributed by atoms with Gasteiger partial charge in [0.2, 0.25) is 0 Å². The van der Waals surface area contributed by atoms with E-state index in [0.717, 1.165) is 14.8 Å². The molecule has 19 heavy (non-hydrogen) atoms. The number of carbonyl (C=O) groups is 1. The van der Waals surface area contributed by atoms with Crippen LogP contribution in [0.25, 0.3) is 0 Å². The normalized spacial score (nSPS) is 10.2. The van der Waals surface area contributed by atoms with Crippen molar-refractivity contribution in [2.75, 3.05) is 12.4 Å². The first kappa shape index (κ1) is 14.0. The quantitative estimate of drug-likeness (QED) is 0.838. The third kappa shape index (κ3) is 3.78. The lowest BCUT2D eigenvalue weighted by Gasteiger charge is -2.07. The van der Waals surface area contributed by atoms with Crippen LogP contribution in [-0.2, 0) is 11.3 Å². The summed E-state index contributed by atoms with van der Waals surface area (Å²) in [5.74, 6) is -0.0931. The van der Waals surface area contributed by atoms with Gasteiger partial charge in [-0.1, -0.05) is 24.3 Å². The zero-order valence-corrected chi connectivity index (χ0v) is 12.7. The van der Waals surface area contributed by atoms with Gasteiger partial charge in [0.15, 0.2) is 0 Å². The van der Waals surface area contributed by atoms with Crippen LogP contribution in [0.4, 0.5) is 5.69 Å². The summed E-state index contributed by atoms with van der Waals surface area (Å²) in [7, 11) is 1.66. The summed E-state index contributed by atoms with van der Waals surface area (Å²) in [4.78, 5) is 12.1. The second-order valence-corrected chi connectivity index (χ2v) is 5.23. The van der Waals surface area contributed by atoms with E-state index in [2.05, 4.69) is 27.9 Å². The van der Waals surface area contributed by atoms with Crippen LogP contribution in [-0.4, -0.2) is 13.0 Å². The third-order valence-electron chi connectivity index (χ3n) is 2.64. The lowest BCUT2D eigenvalue weighted by Crippen LogP contribution is -2.13. The highest BCUT2D eigenvalue weighted by Crippen LogP contribution is 2.15. The molecule has 98 valence electrons. The van der Waals surface area contributed by atoms with Gasteiger partial charge < -0.3 is 10.1 Å². The maximum Gasteiger partial charge on any atom is 0.256 e. The Morgan fingerprint density at radius 3 is 2.47 bits per heavy atom. The van der Waals surface area contributed by atoms with E-state index in [0.29, 0.717) is 12.2 Å². The molecule has 1 amide bonds. The van der Waals surface area contributed by atoms with Gasteiger partial charge in [0, 0.05) is 16.4 Å². The van der Waals surface area contributed by atoms with E-state index in [1.807, 2.05) is 48.5 Å². The Morgan fingerprint density at radius 1 is 1.16 bits per heavy atom. The van der Waals surface area contributed by atoms with Crippen molar-refractivity contribution >= 4 is 34.2 Å². The molecule has 2 aromatic rings. The number of ether oxygens (including phenoxy) is 1. The fraction of sp³-hybridized carbons (Fsp3) is 0.133. The summed E-state index contributed by atoms with van der Waals surface area (Å²) in [6.07, 6.45) is 0. The average molecular weight is 367 g/mol. The smallest absolute Gasteiger partial charge is 0.256 e. The highest BCUT2D eigenvalue weighted by atomic mass is 127. The molecule has 0 aliphatic rings. The van der Waals surface area contributed by atoms with Crippen LogP contribution >= 0.6 is 22.6 Å². The van der Waals surface area contributed by atoms with Crippen LogP contribution < -0.4 is 5.32 Å². The molecule has 0 aromatic heterocycles. The number of methoxy groups -OCH3 is 1. The zero-order chi connectivity index (χ0) is 13.7. The summed E-state index contributed by atoms with van der Waals surface area (Å²) < 4.78 is 5.98. The summed E-state index contributed by atoms with van der Waals surface area (Å²) in [5.41, 5.74) is 2.54. The van der Waals surface area contributed by atoms with Crippen LogP contribution in [0.1, 0.15) is 15.9 Å². The number of carbonyl (C=O) groups excluding carboxylic acids is 1. The van der Waals surface area contributed by atoms with Crippen molar-refractivity contribution in [2.24, 2.45) is 0 Å².